The van der Waals surface area contributed by atoms with Crippen molar-refractivity contribution in [3.8, 4) is 5.75 Å². The predicted molar refractivity (Wildman–Crippen MR) is 127 cm³/mol. The number of benzene rings is 2. The van der Waals surface area contributed by atoms with Crippen LogP contribution in [0.3, 0.4) is 0 Å². The Morgan fingerprint density at radius 3 is 2.48 bits per heavy atom. The van der Waals surface area contributed by atoms with Gasteiger partial charge in [0.25, 0.3) is 0 Å². The summed E-state index contributed by atoms with van der Waals surface area (Å²) in [4.78, 5) is 6.97. The molecule has 0 saturated carbocycles. The van der Waals surface area contributed by atoms with Crippen LogP contribution in [-0.4, -0.2) is 51.3 Å². The molecule has 1 fully saturated rings. The molecule has 6 nitrogen and oxygen atoms in total. The molecule has 2 aromatic rings. The van der Waals surface area contributed by atoms with Gasteiger partial charge in [0.2, 0.25) is 0 Å². The van der Waals surface area contributed by atoms with Gasteiger partial charge >= 0.3 is 0 Å². The number of nitrogens with one attached hydrogen (secondary N) is 2. The Balaban J connectivity index is 1.57. The highest BCUT2D eigenvalue weighted by Gasteiger charge is 2.24. The maximum absolute atomic E-state index is 5.47. The quantitative estimate of drug-likeness (QED) is 0.450. The van der Waals surface area contributed by atoms with E-state index >= 15 is 0 Å². The van der Waals surface area contributed by atoms with Crippen molar-refractivity contribution in [3.05, 3.63) is 65.2 Å². The lowest BCUT2D eigenvalue weighted by molar-refractivity contribution is 0.134. The second-order valence-electron chi connectivity index (χ2n) is 7.80. The van der Waals surface area contributed by atoms with Crippen LogP contribution in [0.2, 0.25) is 0 Å². The van der Waals surface area contributed by atoms with Crippen LogP contribution in [0.25, 0.3) is 0 Å². The SMILES string of the molecule is CCOCc1ccc(CNC(=NC)NCC(c2cccc(OC)c2)N2CCCC2)cc1. The van der Waals surface area contributed by atoms with Gasteiger partial charge in [0.15, 0.2) is 5.96 Å². The van der Waals surface area contributed by atoms with Crippen LogP contribution < -0.4 is 15.4 Å². The van der Waals surface area contributed by atoms with Gasteiger partial charge in [0, 0.05) is 26.7 Å². The van der Waals surface area contributed by atoms with Crippen molar-refractivity contribution in [3.63, 3.8) is 0 Å². The average Bonchev–Trinajstić information content (AvgIpc) is 3.35. The van der Waals surface area contributed by atoms with Crippen LogP contribution in [0.15, 0.2) is 53.5 Å². The highest BCUT2D eigenvalue weighted by atomic mass is 16.5. The van der Waals surface area contributed by atoms with E-state index in [1.807, 2.05) is 20.0 Å². The molecule has 1 saturated heterocycles. The summed E-state index contributed by atoms with van der Waals surface area (Å²) in [6.07, 6.45) is 2.51. The Morgan fingerprint density at radius 2 is 1.81 bits per heavy atom. The molecule has 0 aliphatic carbocycles. The molecular weight excluding hydrogens is 388 g/mol. The van der Waals surface area contributed by atoms with Crippen LogP contribution in [0.4, 0.5) is 0 Å². The largest absolute Gasteiger partial charge is 0.497 e. The van der Waals surface area contributed by atoms with Crippen molar-refractivity contribution in [1.82, 2.24) is 15.5 Å². The fourth-order valence-electron chi connectivity index (χ4n) is 3.93. The van der Waals surface area contributed by atoms with Crippen molar-refractivity contribution in [2.24, 2.45) is 4.99 Å². The lowest BCUT2D eigenvalue weighted by Gasteiger charge is -2.29. The van der Waals surface area contributed by atoms with Crippen LogP contribution in [0, 0.1) is 0 Å². The topological polar surface area (TPSA) is 58.1 Å². The third-order valence-corrected chi connectivity index (χ3v) is 5.70. The van der Waals surface area contributed by atoms with E-state index < -0.39 is 0 Å². The first-order chi connectivity index (χ1) is 15.2. The Bertz CT molecular complexity index is 817. The summed E-state index contributed by atoms with van der Waals surface area (Å²) in [6, 6.07) is 17.2. The molecule has 6 heteroatoms. The summed E-state index contributed by atoms with van der Waals surface area (Å²) < 4.78 is 10.9. The van der Waals surface area contributed by atoms with Crippen LogP contribution >= 0.6 is 0 Å². The zero-order chi connectivity index (χ0) is 21.9. The summed E-state index contributed by atoms with van der Waals surface area (Å²) >= 11 is 0. The first kappa shape index (κ1) is 23.1. The summed E-state index contributed by atoms with van der Waals surface area (Å²) in [6.45, 7) is 7.18. The summed E-state index contributed by atoms with van der Waals surface area (Å²) in [5, 5.41) is 6.96. The summed E-state index contributed by atoms with van der Waals surface area (Å²) in [5.41, 5.74) is 3.68. The fourth-order valence-corrected chi connectivity index (χ4v) is 3.93. The van der Waals surface area contributed by atoms with Gasteiger partial charge in [-0.15, -0.1) is 0 Å². The lowest BCUT2D eigenvalue weighted by atomic mass is 10.1. The maximum Gasteiger partial charge on any atom is 0.191 e. The second-order valence-corrected chi connectivity index (χ2v) is 7.80. The predicted octanol–water partition coefficient (Wildman–Crippen LogP) is 3.73. The lowest BCUT2D eigenvalue weighted by Crippen LogP contribution is -2.42. The molecular formula is C25H36N4O2. The third kappa shape index (κ3) is 6.97. The summed E-state index contributed by atoms with van der Waals surface area (Å²) in [5.74, 6) is 1.71. The van der Waals surface area contributed by atoms with E-state index in [4.69, 9.17) is 9.47 Å². The number of aliphatic imine (C=N–C) groups is 1. The molecule has 1 heterocycles. The van der Waals surface area contributed by atoms with E-state index in [9.17, 15) is 0 Å². The normalized spacial score (nSPS) is 15.6. The molecule has 1 aliphatic rings. The first-order valence-electron chi connectivity index (χ1n) is 11.2. The molecule has 2 N–H and O–H groups in total. The van der Waals surface area contributed by atoms with E-state index in [0.29, 0.717) is 6.61 Å². The van der Waals surface area contributed by atoms with Gasteiger partial charge in [0.1, 0.15) is 5.75 Å². The minimum atomic E-state index is 0.286. The third-order valence-electron chi connectivity index (χ3n) is 5.70. The number of ether oxygens (including phenoxy) is 2. The van der Waals surface area contributed by atoms with E-state index in [-0.39, 0.29) is 6.04 Å². The highest BCUT2D eigenvalue weighted by molar-refractivity contribution is 5.79. The second kappa shape index (κ2) is 12.3. The fraction of sp³-hybridized carbons (Fsp3) is 0.480. The number of nitrogens with zero attached hydrogens (tertiary/aromatic N) is 2. The van der Waals surface area contributed by atoms with Gasteiger partial charge in [-0.3, -0.25) is 9.89 Å². The van der Waals surface area contributed by atoms with E-state index in [0.717, 1.165) is 44.5 Å². The molecule has 168 valence electrons. The van der Waals surface area contributed by atoms with Crippen molar-refractivity contribution in [2.45, 2.75) is 39.0 Å². The molecule has 31 heavy (non-hydrogen) atoms. The molecule has 0 aromatic heterocycles. The molecule has 1 aliphatic heterocycles. The van der Waals surface area contributed by atoms with Crippen LogP contribution in [0.1, 0.15) is 42.5 Å². The molecule has 0 spiro atoms. The smallest absolute Gasteiger partial charge is 0.191 e. The van der Waals surface area contributed by atoms with Crippen LogP contribution in [0.5, 0.6) is 5.75 Å². The standard InChI is InChI=1S/C25H36N4O2/c1-4-31-19-21-12-10-20(11-13-21)17-27-25(26-2)28-18-24(29-14-5-6-15-29)22-8-7-9-23(16-22)30-3/h7-13,16,24H,4-6,14-15,17-19H2,1-3H3,(H2,26,27,28). The first-order valence-corrected chi connectivity index (χ1v) is 11.2. The van der Waals surface area contributed by atoms with Gasteiger partial charge in [0.05, 0.1) is 19.8 Å². The molecule has 0 bridgehead atoms. The number of likely N-dealkylation sites (tertiary alicyclic amines) is 1. The minimum Gasteiger partial charge on any atom is -0.497 e. The summed E-state index contributed by atoms with van der Waals surface area (Å²) in [7, 11) is 3.54. The number of guanidine groups is 1. The number of hydrogen-bond acceptors (Lipinski definition) is 4. The maximum atomic E-state index is 5.47. The molecule has 0 radical (unpaired) electrons. The van der Waals surface area contributed by atoms with Crippen molar-refractivity contribution < 1.29 is 9.47 Å². The molecule has 0 amide bonds. The van der Waals surface area contributed by atoms with E-state index in [1.165, 1.54) is 29.5 Å². The van der Waals surface area contributed by atoms with Crippen LogP contribution in [-0.2, 0) is 17.9 Å². The Labute approximate surface area is 186 Å². The minimum absolute atomic E-state index is 0.286. The van der Waals surface area contributed by atoms with Gasteiger partial charge in [-0.1, -0.05) is 36.4 Å². The Morgan fingerprint density at radius 1 is 1.06 bits per heavy atom. The molecule has 1 atom stereocenters. The van der Waals surface area contributed by atoms with Crippen molar-refractivity contribution in [1.29, 1.82) is 0 Å². The number of rotatable bonds is 10. The van der Waals surface area contributed by atoms with Gasteiger partial charge in [-0.05, 0) is 61.7 Å². The van der Waals surface area contributed by atoms with E-state index in [1.54, 1.807) is 7.11 Å². The molecule has 1 unspecified atom stereocenters. The highest BCUT2D eigenvalue weighted by Crippen LogP contribution is 2.27. The van der Waals surface area contributed by atoms with Gasteiger partial charge in [-0.25, -0.2) is 0 Å². The number of methoxy groups -OCH3 is 1. The monoisotopic (exact) mass is 424 g/mol. The van der Waals surface area contributed by atoms with Crippen molar-refractivity contribution >= 4 is 5.96 Å². The van der Waals surface area contributed by atoms with Gasteiger partial charge in [-0.2, -0.15) is 0 Å². The van der Waals surface area contributed by atoms with E-state index in [2.05, 4.69) is 63.0 Å². The average molecular weight is 425 g/mol. The number of hydrogen-bond donors (Lipinski definition) is 2. The van der Waals surface area contributed by atoms with Crippen molar-refractivity contribution in [2.75, 3.05) is 40.4 Å². The Kier molecular flexibility index (Phi) is 9.18. The molecule has 2 aromatic carbocycles. The zero-order valence-electron chi connectivity index (χ0n) is 19.1. The molecule has 3 rings (SSSR count). The van der Waals surface area contributed by atoms with Gasteiger partial charge < -0.3 is 20.1 Å². The Hall–Kier alpha value is -2.57. The zero-order valence-corrected chi connectivity index (χ0v) is 19.1.